The molecular weight excluding hydrogens is 238 g/mol. The number of carboxylic acid groups (broad SMARTS) is 1. The molecule has 94 valence electrons. The third-order valence-corrected chi connectivity index (χ3v) is 3.93. The highest BCUT2D eigenvalue weighted by Crippen LogP contribution is 2.19. The molecule has 0 aliphatic carbocycles. The van der Waals surface area contributed by atoms with Gasteiger partial charge in [0.25, 0.3) is 0 Å². The maximum Gasteiger partial charge on any atom is 0.304 e. The molecule has 1 aliphatic heterocycles. The highest BCUT2D eigenvalue weighted by atomic mass is 32.1. The molecule has 5 nitrogen and oxygen atoms in total. The van der Waals surface area contributed by atoms with Gasteiger partial charge in [-0.15, -0.1) is 11.3 Å². The summed E-state index contributed by atoms with van der Waals surface area (Å²) in [6, 6.07) is 0.117. The smallest absolute Gasteiger partial charge is 0.304 e. The Kier molecular flexibility index (Phi) is 3.96. The number of hydrogen-bond donors (Lipinski definition) is 1. The van der Waals surface area contributed by atoms with Crippen LogP contribution in [0.25, 0.3) is 0 Å². The Bertz CT molecular complexity index is 361. The normalized spacial score (nSPS) is 19.2. The summed E-state index contributed by atoms with van der Waals surface area (Å²) in [7, 11) is 0. The number of anilines is 1. The van der Waals surface area contributed by atoms with Gasteiger partial charge in [-0.3, -0.25) is 9.69 Å². The van der Waals surface area contributed by atoms with E-state index in [-0.39, 0.29) is 12.5 Å². The van der Waals surface area contributed by atoms with Crippen LogP contribution in [-0.4, -0.2) is 53.2 Å². The summed E-state index contributed by atoms with van der Waals surface area (Å²) in [4.78, 5) is 19.4. The number of carbonyl (C=O) groups is 1. The van der Waals surface area contributed by atoms with E-state index in [0.29, 0.717) is 0 Å². The molecule has 1 atom stereocenters. The van der Waals surface area contributed by atoms with Crippen LogP contribution >= 0.6 is 11.3 Å². The van der Waals surface area contributed by atoms with Gasteiger partial charge in [0.15, 0.2) is 5.13 Å². The minimum absolute atomic E-state index is 0.117. The number of piperazine rings is 1. The number of aliphatic carboxylic acids is 1. The molecule has 0 amide bonds. The molecule has 0 aromatic carbocycles. The largest absolute Gasteiger partial charge is 0.481 e. The first kappa shape index (κ1) is 12.3. The second-order valence-corrected chi connectivity index (χ2v) is 5.16. The van der Waals surface area contributed by atoms with Crippen molar-refractivity contribution in [2.75, 3.05) is 31.1 Å². The Morgan fingerprint density at radius 2 is 2.24 bits per heavy atom. The first-order valence-electron chi connectivity index (χ1n) is 5.77. The number of thiazole rings is 1. The molecule has 1 unspecified atom stereocenters. The lowest BCUT2D eigenvalue weighted by Gasteiger charge is -2.37. The number of nitrogens with zero attached hydrogens (tertiary/aromatic N) is 3. The number of carboxylic acids is 1. The topological polar surface area (TPSA) is 56.7 Å². The molecule has 17 heavy (non-hydrogen) atoms. The summed E-state index contributed by atoms with van der Waals surface area (Å²) in [5.41, 5.74) is 0. The van der Waals surface area contributed by atoms with Crippen molar-refractivity contribution >= 4 is 22.4 Å². The molecule has 0 spiro atoms. The third-order valence-electron chi connectivity index (χ3n) is 3.10. The highest BCUT2D eigenvalue weighted by molar-refractivity contribution is 7.13. The molecule has 1 aromatic heterocycles. The lowest BCUT2D eigenvalue weighted by atomic mass is 10.2. The van der Waals surface area contributed by atoms with Gasteiger partial charge in [0, 0.05) is 43.8 Å². The molecule has 1 aromatic rings. The molecule has 1 aliphatic rings. The van der Waals surface area contributed by atoms with Gasteiger partial charge in [0.05, 0.1) is 6.42 Å². The van der Waals surface area contributed by atoms with Crippen molar-refractivity contribution in [1.29, 1.82) is 0 Å². The van der Waals surface area contributed by atoms with Crippen molar-refractivity contribution in [1.82, 2.24) is 9.88 Å². The third kappa shape index (κ3) is 3.17. The monoisotopic (exact) mass is 255 g/mol. The van der Waals surface area contributed by atoms with E-state index >= 15 is 0 Å². The van der Waals surface area contributed by atoms with Gasteiger partial charge >= 0.3 is 5.97 Å². The van der Waals surface area contributed by atoms with Gasteiger partial charge in [-0.05, 0) is 6.92 Å². The van der Waals surface area contributed by atoms with E-state index in [0.717, 1.165) is 31.3 Å². The maximum atomic E-state index is 10.7. The second-order valence-electron chi connectivity index (χ2n) is 4.28. The summed E-state index contributed by atoms with van der Waals surface area (Å²) < 4.78 is 0. The zero-order valence-corrected chi connectivity index (χ0v) is 10.7. The fourth-order valence-electron chi connectivity index (χ4n) is 2.11. The van der Waals surface area contributed by atoms with Crippen LogP contribution in [0.4, 0.5) is 5.13 Å². The van der Waals surface area contributed by atoms with Crippen LogP contribution in [-0.2, 0) is 4.79 Å². The predicted octanol–water partition coefficient (Wildman–Crippen LogP) is 1.13. The summed E-state index contributed by atoms with van der Waals surface area (Å²) in [5, 5.41) is 11.8. The quantitative estimate of drug-likeness (QED) is 0.874. The minimum Gasteiger partial charge on any atom is -0.481 e. The highest BCUT2D eigenvalue weighted by Gasteiger charge is 2.23. The van der Waals surface area contributed by atoms with Crippen LogP contribution in [0.1, 0.15) is 13.3 Å². The van der Waals surface area contributed by atoms with E-state index < -0.39 is 5.97 Å². The van der Waals surface area contributed by atoms with Gasteiger partial charge in [-0.25, -0.2) is 4.98 Å². The van der Waals surface area contributed by atoms with Crippen molar-refractivity contribution in [2.24, 2.45) is 0 Å². The molecular formula is C11H17N3O2S. The van der Waals surface area contributed by atoms with Gasteiger partial charge in [-0.1, -0.05) is 0 Å². The van der Waals surface area contributed by atoms with Crippen LogP contribution in [0.2, 0.25) is 0 Å². The zero-order valence-electron chi connectivity index (χ0n) is 9.87. The zero-order chi connectivity index (χ0) is 12.3. The SMILES string of the molecule is CC(CC(=O)O)N1CCN(c2nccs2)CC1. The Morgan fingerprint density at radius 1 is 1.53 bits per heavy atom. The van der Waals surface area contributed by atoms with Crippen LogP contribution < -0.4 is 4.90 Å². The number of hydrogen-bond acceptors (Lipinski definition) is 5. The molecule has 1 fully saturated rings. The van der Waals surface area contributed by atoms with Crippen molar-refractivity contribution in [3.8, 4) is 0 Å². The summed E-state index contributed by atoms with van der Waals surface area (Å²) in [5.74, 6) is -0.722. The lowest BCUT2D eigenvalue weighted by Crippen LogP contribution is -2.50. The number of rotatable bonds is 4. The van der Waals surface area contributed by atoms with E-state index in [4.69, 9.17) is 5.11 Å². The molecule has 1 N–H and O–H groups in total. The standard InChI is InChI=1S/C11H17N3O2S/c1-9(8-10(15)16)13-3-5-14(6-4-13)11-12-2-7-17-11/h2,7,9H,3-6,8H2,1H3,(H,15,16). The Morgan fingerprint density at radius 3 is 2.76 bits per heavy atom. The predicted molar refractivity (Wildman–Crippen MR) is 67.6 cm³/mol. The average molecular weight is 255 g/mol. The Labute approximate surface area is 105 Å². The first-order chi connectivity index (χ1) is 8.16. The lowest BCUT2D eigenvalue weighted by molar-refractivity contribution is -0.138. The van der Waals surface area contributed by atoms with Crippen molar-refractivity contribution < 1.29 is 9.90 Å². The summed E-state index contributed by atoms with van der Waals surface area (Å²) >= 11 is 1.65. The van der Waals surface area contributed by atoms with Crippen LogP contribution in [0.3, 0.4) is 0 Å². The molecule has 1 saturated heterocycles. The van der Waals surface area contributed by atoms with Crippen molar-refractivity contribution in [3.05, 3.63) is 11.6 Å². The first-order valence-corrected chi connectivity index (χ1v) is 6.65. The Balaban J connectivity index is 1.83. The van der Waals surface area contributed by atoms with Gasteiger partial charge in [0.2, 0.25) is 0 Å². The van der Waals surface area contributed by atoms with E-state index in [2.05, 4.69) is 14.8 Å². The summed E-state index contributed by atoms with van der Waals surface area (Å²) in [6.07, 6.45) is 2.04. The molecule has 2 heterocycles. The Hall–Kier alpha value is -1.14. The molecule has 0 bridgehead atoms. The molecule has 0 radical (unpaired) electrons. The van der Waals surface area contributed by atoms with Crippen molar-refractivity contribution in [3.63, 3.8) is 0 Å². The molecule has 2 rings (SSSR count). The van der Waals surface area contributed by atoms with E-state index in [1.54, 1.807) is 11.3 Å². The van der Waals surface area contributed by atoms with Crippen LogP contribution in [0.15, 0.2) is 11.6 Å². The summed E-state index contributed by atoms with van der Waals surface area (Å²) in [6.45, 7) is 5.66. The van der Waals surface area contributed by atoms with Gasteiger partial charge < -0.3 is 10.0 Å². The van der Waals surface area contributed by atoms with Crippen molar-refractivity contribution in [2.45, 2.75) is 19.4 Å². The minimum atomic E-state index is -0.722. The molecule has 6 heteroatoms. The van der Waals surface area contributed by atoms with E-state index in [9.17, 15) is 4.79 Å². The fourth-order valence-corrected chi connectivity index (χ4v) is 2.80. The molecule has 0 saturated carbocycles. The number of aromatic nitrogens is 1. The van der Waals surface area contributed by atoms with E-state index in [1.807, 2.05) is 18.5 Å². The maximum absolute atomic E-state index is 10.7. The van der Waals surface area contributed by atoms with Gasteiger partial charge in [0.1, 0.15) is 0 Å². The van der Waals surface area contributed by atoms with Crippen LogP contribution in [0, 0.1) is 0 Å². The van der Waals surface area contributed by atoms with Crippen LogP contribution in [0.5, 0.6) is 0 Å². The fraction of sp³-hybridized carbons (Fsp3) is 0.636. The average Bonchev–Trinajstić information content (AvgIpc) is 2.82. The van der Waals surface area contributed by atoms with Gasteiger partial charge in [-0.2, -0.15) is 0 Å². The van der Waals surface area contributed by atoms with E-state index in [1.165, 1.54) is 0 Å². The second kappa shape index (κ2) is 5.46.